The number of benzene rings is 1. The third kappa shape index (κ3) is 2.62. The van der Waals surface area contributed by atoms with Crippen LogP contribution >= 0.6 is 0 Å². The number of hydrogen-bond acceptors (Lipinski definition) is 2. The number of rotatable bonds is 3. The Bertz CT molecular complexity index is 861. The molecule has 22 heavy (non-hydrogen) atoms. The van der Waals surface area contributed by atoms with Gasteiger partial charge in [0.1, 0.15) is 23.0 Å². The van der Waals surface area contributed by atoms with Gasteiger partial charge in [-0.25, -0.2) is 4.39 Å². The fraction of sp³-hybridized carbons (Fsp3) is 0.235. The van der Waals surface area contributed by atoms with Crippen molar-refractivity contribution in [3.8, 4) is 0 Å². The van der Waals surface area contributed by atoms with Gasteiger partial charge in [0.25, 0.3) is 5.91 Å². The monoisotopic (exact) mass is 300 g/mol. The molecule has 0 bridgehead atoms. The fourth-order valence-electron chi connectivity index (χ4n) is 2.63. The van der Waals surface area contributed by atoms with E-state index in [4.69, 9.17) is 4.42 Å². The molecule has 2 heterocycles. The van der Waals surface area contributed by atoms with Gasteiger partial charge >= 0.3 is 0 Å². The summed E-state index contributed by atoms with van der Waals surface area (Å²) in [4.78, 5) is 15.2. The molecule has 4 nitrogen and oxygen atoms in total. The number of hydrogen-bond donors (Lipinski definition) is 2. The Morgan fingerprint density at radius 3 is 2.68 bits per heavy atom. The normalized spacial score (nSPS) is 11.1. The fourth-order valence-corrected chi connectivity index (χ4v) is 2.63. The Balaban J connectivity index is 1.80. The summed E-state index contributed by atoms with van der Waals surface area (Å²) in [7, 11) is 0. The number of aromatic nitrogens is 1. The summed E-state index contributed by atoms with van der Waals surface area (Å²) in [6, 6.07) is 6.49. The maximum atomic E-state index is 13.4. The summed E-state index contributed by atoms with van der Waals surface area (Å²) in [5.41, 5.74) is 2.79. The largest absolute Gasteiger partial charge is 0.466 e. The van der Waals surface area contributed by atoms with Crippen LogP contribution in [0.15, 0.2) is 28.7 Å². The molecule has 0 aliphatic heterocycles. The highest BCUT2D eigenvalue weighted by molar-refractivity contribution is 5.98. The van der Waals surface area contributed by atoms with Crippen LogP contribution in [-0.4, -0.2) is 10.9 Å². The molecular formula is C17H17FN2O2. The molecule has 0 radical (unpaired) electrons. The van der Waals surface area contributed by atoms with Crippen LogP contribution in [0.1, 0.15) is 33.1 Å². The van der Waals surface area contributed by atoms with E-state index in [2.05, 4.69) is 10.3 Å². The number of aromatic amines is 1. The molecule has 0 saturated heterocycles. The summed E-state index contributed by atoms with van der Waals surface area (Å²) in [5, 5.41) is 3.69. The Morgan fingerprint density at radius 1 is 1.23 bits per heavy atom. The minimum Gasteiger partial charge on any atom is -0.466 e. The lowest BCUT2D eigenvalue weighted by Gasteiger charge is -2.02. The van der Waals surface area contributed by atoms with E-state index in [1.54, 1.807) is 6.07 Å². The average Bonchev–Trinajstić information content (AvgIpc) is 2.99. The lowest BCUT2D eigenvalue weighted by Crippen LogP contribution is -2.23. The van der Waals surface area contributed by atoms with Gasteiger partial charge < -0.3 is 14.7 Å². The molecule has 3 rings (SSSR count). The van der Waals surface area contributed by atoms with Crippen LogP contribution in [-0.2, 0) is 6.54 Å². The minimum absolute atomic E-state index is 0.228. The summed E-state index contributed by atoms with van der Waals surface area (Å²) in [6.45, 7) is 5.94. The van der Waals surface area contributed by atoms with Crippen molar-refractivity contribution < 1.29 is 13.6 Å². The number of carbonyl (C=O) groups excluding carboxylic acids is 1. The zero-order valence-electron chi connectivity index (χ0n) is 12.7. The molecule has 0 atom stereocenters. The molecule has 2 aromatic heterocycles. The average molecular weight is 300 g/mol. The van der Waals surface area contributed by atoms with Gasteiger partial charge in [0, 0.05) is 23.0 Å². The third-order valence-electron chi connectivity index (χ3n) is 3.74. The van der Waals surface area contributed by atoms with Gasteiger partial charge in [-0.15, -0.1) is 0 Å². The molecule has 0 fully saturated rings. The summed E-state index contributed by atoms with van der Waals surface area (Å²) in [6.07, 6.45) is 0. The van der Waals surface area contributed by atoms with E-state index < -0.39 is 0 Å². The highest BCUT2D eigenvalue weighted by atomic mass is 19.1. The van der Waals surface area contributed by atoms with Crippen LogP contribution in [0, 0.1) is 26.6 Å². The van der Waals surface area contributed by atoms with Crippen molar-refractivity contribution in [1.29, 1.82) is 0 Å². The lowest BCUT2D eigenvalue weighted by atomic mass is 10.1. The highest BCUT2D eigenvalue weighted by Gasteiger charge is 2.13. The van der Waals surface area contributed by atoms with E-state index in [1.807, 2.05) is 26.8 Å². The summed E-state index contributed by atoms with van der Waals surface area (Å²) >= 11 is 0. The first-order valence-electron chi connectivity index (χ1n) is 7.07. The number of fused-ring (bicyclic) bond motifs is 1. The number of H-pyrrole nitrogens is 1. The SMILES string of the molecule is Cc1cc(CNC(=O)c2cc3c(C)cc(F)cc3[nH]2)c(C)o1. The van der Waals surface area contributed by atoms with Crippen LogP contribution in [0.3, 0.4) is 0 Å². The Hall–Kier alpha value is -2.56. The number of halogens is 1. The molecule has 1 amide bonds. The highest BCUT2D eigenvalue weighted by Crippen LogP contribution is 2.21. The lowest BCUT2D eigenvalue weighted by molar-refractivity contribution is 0.0946. The van der Waals surface area contributed by atoms with Gasteiger partial charge in [-0.1, -0.05) is 0 Å². The molecule has 3 aromatic rings. The van der Waals surface area contributed by atoms with Crippen LogP contribution in [0.4, 0.5) is 4.39 Å². The minimum atomic E-state index is -0.316. The van der Waals surface area contributed by atoms with Crippen molar-refractivity contribution in [3.05, 3.63) is 58.4 Å². The van der Waals surface area contributed by atoms with Crippen molar-refractivity contribution in [2.45, 2.75) is 27.3 Å². The smallest absolute Gasteiger partial charge is 0.267 e. The van der Waals surface area contributed by atoms with E-state index in [9.17, 15) is 9.18 Å². The molecule has 0 spiro atoms. The van der Waals surface area contributed by atoms with Crippen LogP contribution < -0.4 is 5.32 Å². The van der Waals surface area contributed by atoms with Crippen LogP contribution in [0.25, 0.3) is 10.9 Å². The zero-order chi connectivity index (χ0) is 15.9. The molecule has 0 aliphatic rings. The number of furan rings is 1. The maximum absolute atomic E-state index is 13.4. The van der Waals surface area contributed by atoms with Gasteiger partial charge in [-0.3, -0.25) is 4.79 Å². The van der Waals surface area contributed by atoms with Crippen molar-refractivity contribution >= 4 is 16.8 Å². The van der Waals surface area contributed by atoms with Crippen molar-refractivity contribution in [2.75, 3.05) is 0 Å². The number of aryl methyl sites for hydroxylation is 3. The van der Waals surface area contributed by atoms with Gasteiger partial charge in [0.15, 0.2) is 0 Å². The zero-order valence-corrected chi connectivity index (χ0v) is 12.7. The van der Waals surface area contributed by atoms with Gasteiger partial charge in [0.05, 0.1) is 0 Å². The first kappa shape index (κ1) is 14.4. The molecule has 2 N–H and O–H groups in total. The van der Waals surface area contributed by atoms with Crippen LogP contribution in [0.2, 0.25) is 0 Å². The Labute approximate surface area is 127 Å². The number of carbonyl (C=O) groups is 1. The quantitative estimate of drug-likeness (QED) is 0.774. The second kappa shape index (κ2) is 5.33. The topological polar surface area (TPSA) is 58.0 Å². The predicted octanol–water partition coefficient (Wildman–Crippen LogP) is 3.76. The van der Waals surface area contributed by atoms with Gasteiger partial charge in [-0.05, 0) is 50.6 Å². The maximum Gasteiger partial charge on any atom is 0.267 e. The second-order valence-corrected chi connectivity index (χ2v) is 5.49. The van der Waals surface area contributed by atoms with Gasteiger partial charge in [-0.2, -0.15) is 0 Å². The molecule has 114 valence electrons. The standard InChI is InChI=1S/C17H17FN2O2/c1-9-4-13(18)6-15-14(9)7-16(20-15)17(21)19-8-12-5-10(2)22-11(12)3/h4-7,20H,8H2,1-3H3,(H,19,21). The predicted molar refractivity (Wildman–Crippen MR) is 82.3 cm³/mol. The van der Waals surface area contributed by atoms with Crippen molar-refractivity contribution in [3.63, 3.8) is 0 Å². The van der Waals surface area contributed by atoms with Crippen molar-refractivity contribution in [1.82, 2.24) is 10.3 Å². The number of amides is 1. The third-order valence-corrected chi connectivity index (χ3v) is 3.74. The molecule has 0 saturated carbocycles. The first-order chi connectivity index (χ1) is 10.4. The molecule has 5 heteroatoms. The molecule has 1 aromatic carbocycles. The molecular weight excluding hydrogens is 283 g/mol. The van der Waals surface area contributed by atoms with Crippen LogP contribution in [0.5, 0.6) is 0 Å². The Morgan fingerprint density at radius 2 is 2.00 bits per heavy atom. The molecule has 0 aliphatic carbocycles. The first-order valence-corrected chi connectivity index (χ1v) is 7.07. The summed E-state index contributed by atoms with van der Waals surface area (Å²) in [5.74, 6) is 1.07. The van der Waals surface area contributed by atoms with E-state index in [1.165, 1.54) is 12.1 Å². The van der Waals surface area contributed by atoms with E-state index >= 15 is 0 Å². The number of nitrogens with one attached hydrogen (secondary N) is 2. The van der Waals surface area contributed by atoms with E-state index in [0.29, 0.717) is 17.8 Å². The Kier molecular flexibility index (Phi) is 3.48. The molecule has 0 unspecified atom stereocenters. The second-order valence-electron chi connectivity index (χ2n) is 5.49. The van der Waals surface area contributed by atoms with E-state index in [0.717, 1.165) is 28.0 Å². The van der Waals surface area contributed by atoms with Crippen molar-refractivity contribution in [2.24, 2.45) is 0 Å². The van der Waals surface area contributed by atoms with Gasteiger partial charge in [0.2, 0.25) is 0 Å². The summed E-state index contributed by atoms with van der Waals surface area (Å²) < 4.78 is 18.8. The van der Waals surface area contributed by atoms with E-state index in [-0.39, 0.29) is 11.7 Å².